The molecule has 1 fully saturated rings. The molecule has 1 aromatic rings. The Hall–Kier alpha value is -1.05. The molecule has 1 aliphatic heterocycles. The number of carbonyl (C=O) groups is 1. The smallest absolute Gasteiger partial charge is 0.241 e. The minimum absolute atomic E-state index is 0.00336. The van der Waals surface area contributed by atoms with E-state index in [1.807, 2.05) is 25.0 Å². The van der Waals surface area contributed by atoms with E-state index in [4.69, 9.17) is 0 Å². The quantitative estimate of drug-likeness (QED) is 0.788. The van der Waals surface area contributed by atoms with Gasteiger partial charge in [-0.05, 0) is 33.3 Å². The van der Waals surface area contributed by atoms with E-state index >= 15 is 0 Å². The number of aryl methyl sites for hydroxylation is 1. The van der Waals surface area contributed by atoms with Crippen LogP contribution in [0.3, 0.4) is 0 Å². The van der Waals surface area contributed by atoms with Gasteiger partial charge in [-0.2, -0.15) is 16.9 Å². The molecule has 2 heterocycles. The van der Waals surface area contributed by atoms with Crippen LogP contribution in [0.4, 0.5) is 0 Å². The summed E-state index contributed by atoms with van der Waals surface area (Å²) < 4.78 is 1.71. The van der Waals surface area contributed by atoms with Crippen LogP contribution in [0.1, 0.15) is 18.0 Å². The summed E-state index contributed by atoms with van der Waals surface area (Å²) in [5.74, 6) is 2.23. The number of nitrogens with zero attached hydrogens (tertiary/aromatic N) is 3. The average Bonchev–Trinajstić information content (AvgIpc) is 3.07. The Labute approximate surface area is 130 Å². The highest BCUT2D eigenvalue weighted by Gasteiger charge is 2.37. The van der Waals surface area contributed by atoms with E-state index in [9.17, 15) is 4.79 Å². The van der Waals surface area contributed by atoms with Gasteiger partial charge in [-0.15, -0.1) is 0 Å². The lowest BCUT2D eigenvalue weighted by Crippen LogP contribution is -2.54. The number of nitrogens with one attached hydrogen (secondary N) is 2. The first-order chi connectivity index (χ1) is 9.98. The van der Waals surface area contributed by atoms with Gasteiger partial charge in [0.25, 0.3) is 0 Å². The number of likely N-dealkylation sites (N-methyl/N-ethyl adjacent to an activating group) is 2. The Morgan fingerprint density at radius 3 is 2.86 bits per heavy atom. The van der Waals surface area contributed by atoms with Crippen molar-refractivity contribution in [1.82, 2.24) is 25.3 Å². The number of rotatable bonds is 6. The topological polar surface area (TPSA) is 62.2 Å². The minimum atomic E-state index is -0.355. The minimum Gasteiger partial charge on any atom is -0.353 e. The molecule has 0 radical (unpaired) electrons. The number of carbonyl (C=O) groups excluding carboxylic acids is 1. The molecule has 2 rings (SSSR count). The van der Waals surface area contributed by atoms with E-state index in [2.05, 4.69) is 34.7 Å². The predicted molar refractivity (Wildman–Crippen MR) is 86.4 cm³/mol. The third kappa shape index (κ3) is 3.59. The fourth-order valence-electron chi connectivity index (χ4n) is 2.64. The largest absolute Gasteiger partial charge is 0.353 e. The second-order valence-corrected chi connectivity index (χ2v) is 6.91. The van der Waals surface area contributed by atoms with Gasteiger partial charge in [0.1, 0.15) is 6.04 Å². The predicted octanol–water partition coefficient (Wildman–Crippen LogP) is 0.234. The highest BCUT2D eigenvalue weighted by Crippen LogP contribution is 2.31. The van der Waals surface area contributed by atoms with Gasteiger partial charge in [0.05, 0.1) is 6.20 Å². The zero-order valence-corrected chi connectivity index (χ0v) is 14.0. The van der Waals surface area contributed by atoms with Gasteiger partial charge < -0.3 is 15.5 Å². The SMILES string of the molecule is CNC(C(=O)NCC1(N(C)C)CCSC1)c1cnn(C)c1. The van der Waals surface area contributed by atoms with Crippen molar-refractivity contribution in [2.24, 2.45) is 7.05 Å². The standard InChI is InChI=1S/C14H25N5OS/c1-15-12(11-7-17-19(4)8-11)13(20)16-9-14(18(2)3)5-6-21-10-14/h7-8,12,15H,5-6,9-10H2,1-4H3,(H,16,20). The maximum absolute atomic E-state index is 12.5. The summed E-state index contributed by atoms with van der Waals surface area (Å²) in [7, 11) is 7.83. The highest BCUT2D eigenvalue weighted by atomic mass is 32.2. The number of hydrogen-bond acceptors (Lipinski definition) is 5. The molecule has 0 aliphatic carbocycles. The van der Waals surface area contributed by atoms with Crippen molar-refractivity contribution in [1.29, 1.82) is 0 Å². The summed E-state index contributed by atoms with van der Waals surface area (Å²) in [6, 6.07) is -0.355. The lowest BCUT2D eigenvalue weighted by molar-refractivity contribution is -0.123. The molecule has 7 heteroatoms. The Morgan fingerprint density at radius 1 is 1.62 bits per heavy atom. The molecule has 118 valence electrons. The molecule has 1 saturated heterocycles. The Morgan fingerprint density at radius 2 is 2.38 bits per heavy atom. The summed E-state index contributed by atoms with van der Waals surface area (Å²) in [6.45, 7) is 0.685. The molecule has 0 spiro atoms. The van der Waals surface area contributed by atoms with Gasteiger partial charge in [0.15, 0.2) is 0 Å². The van der Waals surface area contributed by atoms with Crippen LogP contribution in [0.5, 0.6) is 0 Å². The fourth-order valence-corrected chi connectivity index (χ4v) is 4.19. The van der Waals surface area contributed by atoms with Crippen molar-refractivity contribution in [3.05, 3.63) is 18.0 Å². The molecule has 2 atom stereocenters. The molecule has 0 aromatic carbocycles. The average molecular weight is 311 g/mol. The summed E-state index contributed by atoms with van der Waals surface area (Å²) in [5, 5.41) is 10.3. The Kier molecular flexibility index (Phi) is 5.29. The van der Waals surface area contributed by atoms with Gasteiger partial charge in [0, 0.05) is 36.6 Å². The molecule has 2 N–H and O–H groups in total. The van der Waals surface area contributed by atoms with Crippen molar-refractivity contribution < 1.29 is 4.79 Å². The van der Waals surface area contributed by atoms with E-state index < -0.39 is 0 Å². The van der Waals surface area contributed by atoms with Gasteiger partial charge in [-0.3, -0.25) is 9.48 Å². The van der Waals surface area contributed by atoms with E-state index in [-0.39, 0.29) is 17.5 Å². The van der Waals surface area contributed by atoms with Crippen molar-refractivity contribution in [3.8, 4) is 0 Å². The van der Waals surface area contributed by atoms with Crippen LogP contribution in [0.2, 0.25) is 0 Å². The van der Waals surface area contributed by atoms with Crippen LogP contribution in [0, 0.1) is 0 Å². The Bertz CT molecular complexity index is 481. The molecule has 0 bridgehead atoms. The molecular weight excluding hydrogens is 286 g/mol. The van der Waals surface area contributed by atoms with Crippen LogP contribution >= 0.6 is 11.8 Å². The molecular formula is C14H25N5OS. The van der Waals surface area contributed by atoms with Crippen LogP contribution in [0.25, 0.3) is 0 Å². The van der Waals surface area contributed by atoms with Crippen LogP contribution in [0.15, 0.2) is 12.4 Å². The normalized spacial score (nSPS) is 23.5. The van der Waals surface area contributed by atoms with Gasteiger partial charge in [0.2, 0.25) is 5.91 Å². The number of hydrogen-bond donors (Lipinski definition) is 2. The maximum Gasteiger partial charge on any atom is 0.241 e. The molecule has 6 nitrogen and oxygen atoms in total. The molecule has 1 aromatic heterocycles. The lowest BCUT2D eigenvalue weighted by Gasteiger charge is -2.36. The lowest BCUT2D eigenvalue weighted by atomic mass is 9.97. The van der Waals surface area contributed by atoms with Crippen LogP contribution < -0.4 is 10.6 Å². The van der Waals surface area contributed by atoms with Crippen molar-refractivity contribution in [2.75, 3.05) is 39.2 Å². The second-order valence-electron chi connectivity index (χ2n) is 5.81. The number of thioether (sulfide) groups is 1. The van der Waals surface area contributed by atoms with Gasteiger partial charge in [-0.1, -0.05) is 0 Å². The zero-order chi connectivity index (χ0) is 15.5. The van der Waals surface area contributed by atoms with Crippen LogP contribution in [-0.4, -0.2) is 65.3 Å². The van der Waals surface area contributed by atoms with E-state index in [1.165, 1.54) is 0 Å². The molecule has 1 amide bonds. The van der Waals surface area contributed by atoms with E-state index in [0.29, 0.717) is 6.54 Å². The first kappa shape index (κ1) is 16.3. The monoisotopic (exact) mass is 311 g/mol. The summed E-state index contributed by atoms with van der Waals surface area (Å²) >= 11 is 1.95. The van der Waals surface area contributed by atoms with Gasteiger partial charge in [-0.25, -0.2) is 0 Å². The van der Waals surface area contributed by atoms with E-state index in [1.54, 1.807) is 17.9 Å². The first-order valence-electron chi connectivity index (χ1n) is 7.17. The number of aromatic nitrogens is 2. The molecule has 0 saturated carbocycles. The summed E-state index contributed by atoms with van der Waals surface area (Å²) in [4.78, 5) is 14.7. The Balaban J connectivity index is 1.99. The third-order valence-corrected chi connectivity index (χ3v) is 5.47. The van der Waals surface area contributed by atoms with E-state index in [0.717, 1.165) is 23.5 Å². The third-order valence-electron chi connectivity index (χ3n) is 4.23. The van der Waals surface area contributed by atoms with Crippen molar-refractivity contribution >= 4 is 17.7 Å². The molecule has 21 heavy (non-hydrogen) atoms. The fraction of sp³-hybridized carbons (Fsp3) is 0.714. The number of amides is 1. The van der Waals surface area contributed by atoms with Crippen molar-refractivity contribution in [2.45, 2.75) is 18.0 Å². The molecule has 2 unspecified atom stereocenters. The van der Waals surface area contributed by atoms with Crippen molar-refractivity contribution in [3.63, 3.8) is 0 Å². The summed E-state index contributed by atoms with van der Waals surface area (Å²) in [5.41, 5.74) is 0.963. The maximum atomic E-state index is 12.5. The van der Waals surface area contributed by atoms with Gasteiger partial charge >= 0.3 is 0 Å². The first-order valence-corrected chi connectivity index (χ1v) is 8.33. The zero-order valence-electron chi connectivity index (χ0n) is 13.2. The van der Waals surface area contributed by atoms with Crippen LogP contribution in [-0.2, 0) is 11.8 Å². The summed E-state index contributed by atoms with van der Waals surface area (Å²) in [6.07, 6.45) is 4.71. The molecule has 1 aliphatic rings. The highest BCUT2D eigenvalue weighted by molar-refractivity contribution is 7.99. The second kappa shape index (κ2) is 6.81.